The number of nitrogens with one attached hydrogen (secondary N) is 1. The molecular weight excluding hydrogens is 236 g/mol. The zero-order chi connectivity index (χ0) is 13.9. The van der Waals surface area contributed by atoms with Crippen molar-refractivity contribution in [1.29, 1.82) is 0 Å². The van der Waals surface area contributed by atoms with Gasteiger partial charge >= 0.3 is 11.8 Å². The second-order valence-electron chi connectivity index (χ2n) is 5.17. The molecule has 0 spiro atoms. The van der Waals surface area contributed by atoms with Crippen molar-refractivity contribution in [3.63, 3.8) is 0 Å². The van der Waals surface area contributed by atoms with Gasteiger partial charge in [-0.1, -0.05) is 27.7 Å². The summed E-state index contributed by atoms with van der Waals surface area (Å²) in [7, 11) is 0. The number of carbonyl (C=O) groups excluding carboxylic acids is 2. The normalized spacial score (nSPS) is 13.1. The van der Waals surface area contributed by atoms with Crippen LogP contribution in [-0.4, -0.2) is 22.0 Å². The quantitative estimate of drug-likeness (QED) is 0.811. The summed E-state index contributed by atoms with van der Waals surface area (Å²) in [5, 5.41) is 9.71. The highest BCUT2D eigenvalue weighted by Crippen LogP contribution is 2.25. The van der Waals surface area contributed by atoms with Gasteiger partial charge in [0, 0.05) is 5.92 Å². The van der Waals surface area contributed by atoms with Gasteiger partial charge in [-0.05, 0) is 5.41 Å². The van der Waals surface area contributed by atoms with E-state index in [4.69, 9.17) is 10.2 Å². The lowest BCUT2D eigenvalue weighted by atomic mass is 9.81. The van der Waals surface area contributed by atoms with Gasteiger partial charge in [0.1, 0.15) is 0 Å². The Kier molecular flexibility index (Phi) is 4.05. The number of hydrogen-bond donors (Lipinski definition) is 2. The van der Waals surface area contributed by atoms with E-state index in [1.54, 1.807) is 0 Å². The number of aromatic nitrogens is 2. The maximum absolute atomic E-state index is 11.8. The third kappa shape index (κ3) is 3.54. The van der Waals surface area contributed by atoms with Crippen LogP contribution in [-0.2, 0) is 11.3 Å². The zero-order valence-corrected chi connectivity index (χ0v) is 11.0. The molecule has 0 aliphatic heterocycles. The first-order valence-electron chi connectivity index (χ1n) is 5.61. The van der Waals surface area contributed by atoms with Gasteiger partial charge in [0.05, 0.1) is 6.54 Å². The van der Waals surface area contributed by atoms with Crippen LogP contribution in [0.2, 0.25) is 0 Å². The molecule has 1 aromatic heterocycles. The van der Waals surface area contributed by atoms with Gasteiger partial charge < -0.3 is 15.5 Å². The van der Waals surface area contributed by atoms with Gasteiger partial charge in [-0.2, -0.15) is 0 Å². The van der Waals surface area contributed by atoms with Gasteiger partial charge in [-0.25, -0.2) is 0 Å². The van der Waals surface area contributed by atoms with E-state index in [-0.39, 0.29) is 35.6 Å². The Morgan fingerprint density at radius 1 is 1.39 bits per heavy atom. The maximum atomic E-state index is 11.8. The van der Waals surface area contributed by atoms with E-state index < -0.39 is 5.91 Å². The largest absolute Gasteiger partial charge is 0.415 e. The third-order valence-electron chi connectivity index (χ3n) is 2.78. The van der Waals surface area contributed by atoms with Crippen LogP contribution >= 0.6 is 0 Å². The number of hydrogen-bond acceptors (Lipinski definition) is 5. The standard InChI is InChI=1S/C11H18N4O3/c1-6(11(2,3)4)9(17)13-5-7-14-15-10(18-7)8(12)16/h6H,5H2,1-4H3,(H2,12,16)(H,13,17). The lowest BCUT2D eigenvalue weighted by molar-refractivity contribution is -0.127. The van der Waals surface area contributed by atoms with Crippen molar-refractivity contribution >= 4 is 11.8 Å². The van der Waals surface area contributed by atoms with Crippen LogP contribution < -0.4 is 11.1 Å². The van der Waals surface area contributed by atoms with Crippen molar-refractivity contribution in [1.82, 2.24) is 15.5 Å². The molecule has 0 fully saturated rings. The van der Waals surface area contributed by atoms with Crippen LogP contribution in [0.1, 0.15) is 44.3 Å². The van der Waals surface area contributed by atoms with Crippen molar-refractivity contribution in [2.75, 3.05) is 0 Å². The van der Waals surface area contributed by atoms with Crippen molar-refractivity contribution in [3.05, 3.63) is 11.8 Å². The predicted octanol–water partition coefficient (Wildman–Crippen LogP) is 0.467. The predicted molar refractivity (Wildman–Crippen MR) is 63.3 cm³/mol. The summed E-state index contributed by atoms with van der Waals surface area (Å²) in [6, 6.07) is 0. The molecule has 0 radical (unpaired) electrons. The van der Waals surface area contributed by atoms with E-state index in [0.717, 1.165) is 0 Å². The Bertz CT molecular complexity index is 447. The minimum absolute atomic E-state index is 0.0829. The molecule has 2 amide bonds. The first-order valence-corrected chi connectivity index (χ1v) is 5.61. The van der Waals surface area contributed by atoms with Crippen LogP contribution in [0.15, 0.2) is 4.42 Å². The molecule has 0 saturated heterocycles. The van der Waals surface area contributed by atoms with Gasteiger partial charge in [-0.15, -0.1) is 10.2 Å². The molecule has 3 N–H and O–H groups in total. The topological polar surface area (TPSA) is 111 Å². The van der Waals surface area contributed by atoms with Gasteiger partial charge in [-0.3, -0.25) is 9.59 Å². The second kappa shape index (κ2) is 5.16. The van der Waals surface area contributed by atoms with Crippen LogP contribution in [0, 0.1) is 11.3 Å². The Balaban J connectivity index is 2.55. The highest BCUT2D eigenvalue weighted by molar-refractivity contribution is 5.87. The fraction of sp³-hybridized carbons (Fsp3) is 0.636. The monoisotopic (exact) mass is 254 g/mol. The molecule has 1 atom stereocenters. The molecule has 18 heavy (non-hydrogen) atoms. The first kappa shape index (κ1) is 14.1. The van der Waals surface area contributed by atoms with E-state index in [1.807, 2.05) is 27.7 Å². The molecule has 0 bridgehead atoms. The van der Waals surface area contributed by atoms with E-state index in [0.29, 0.717) is 0 Å². The van der Waals surface area contributed by atoms with E-state index in [1.165, 1.54) is 0 Å². The molecule has 0 saturated carbocycles. The Morgan fingerprint density at radius 3 is 2.44 bits per heavy atom. The number of nitrogens with two attached hydrogens (primary N) is 1. The number of primary amides is 1. The number of carbonyl (C=O) groups is 2. The van der Waals surface area contributed by atoms with Crippen molar-refractivity contribution < 1.29 is 14.0 Å². The highest BCUT2D eigenvalue weighted by atomic mass is 16.4. The van der Waals surface area contributed by atoms with E-state index in [2.05, 4.69) is 15.5 Å². The summed E-state index contributed by atoms with van der Waals surface area (Å²) in [4.78, 5) is 22.5. The molecular formula is C11H18N4O3. The smallest absolute Gasteiger partial charge is 0.306 e. The van der Waals surface area contributed by atoms with Crippen LogP contribution in [0.5, 0.6) is 0 Å². The van der Waals surface area contributed by atoms with Crippen LogP contribution in [0.25, 0.3) is 0 Å². The summed E-state index contributed by atoms with van der Waals surface area (Å²) >= 11 is 0. The molecule has 0 aliphatic rings. The summed E-state index contributed by atoms with van der Waals surface area (Å²) in [6.45, 7) is 7.87. The summed E-state index contributed by atoms with van der Waals surface area (Å²) < 4.78 is 4.95. The summed E-state index contributed by atoms with van der Waals surface area (Å²) in [6.07, 6.45) is 0. The fourth-order valence-electron chi connectivity index (χ4n) is 1.13. The molecule has 1 rings (SSSR count). The molecule has 0 aromatic carbocycles. The zero-order valence-electron chi connectivity index (χ0n) is 11.0. The lowest BCUT2D eigenvalue weighted by Gasteiger charge is -2.25. The molecule has 7 heteroatoms. The number of amides is 2. The average molecular weight is 254 g/mol. The Hall–Kier alpha value is -1.92. The molecule has 100 valence electrons. The van der Waals surface area contributed by atoms with Gasteiger partial charge in [0.15, 0.2) is 0 Å². The Labute approximate surface area is 105 Å². The van der Waals surface area contributed by atoms with Crippen molar-refractivity contribution in [2.45, 2.75) is 34.2 Å². The fourth-order valence-corrected chi connectivity index (χ4v) is 1.13. The molecule has 1 unspecified atom stereocenters. The number of nitrogens with zero attached hydrogens (tertiary/aromatic N) is 2. The highest BCUT2D eigenvalue weighted by Gasteiger charge is 2.26. The molecule has 1 aromatic rings. The van der Waals surface area contributed by atoms with Crippen LogP contribution in [0.4, 0.5) is 0 Å². The lowest BCUT2D eigenvalue weighted by Crippen LogP contribution is -2.35. The van der Waals surface area contributed by atoms with E-state index in [9.17, 15) is 9.59 Å². The van der Waals surface area contributed by atoms with Crippen molar-refractivity contribution in [3.8, 4) is 0 Å². The van der Waals surface area contributed by atoms with Crippen molar-refractivity contribution in [2.24, 2.45) is 17.1 Å². The molecule has 0 aliphatic carbocycles. The molecule has 7 nitrogen and oxygen atoms in total. The number of rotatable bonds is 4. The minimum atomic E-state index is -0.789. The van der Waals surface area contributed by atoms with Gasteiger partial charge in [0.25, 0.3) is 0 Å². The summed E-state index contributed by atoms with van der Waals surface area (Å²) in [5.74, 6) is -1.16. The maximum Gasteiger partial charge on any atom is 0.306 e. The Morgan fingerprint density at radius 2 is 2.00 bits per heavy atom. The minimum Gasteiger partial charge on any atom is -0.415 e. The summed E-state index contributed by atoms with van der Waals surface area (Å²) in [5.41, 5.74) is 4.84. The average Bonchev–Trinajstić information content (AvgIpc) is 2.72. The third-order valence-corrected chi connectivity index (χ3v) is 2.78. The molecule has 1 heterocycles. The van der Waals surface area contributed by atoms with E-state index >= 15 is 0 Å². The first-order chi connectivity index (χ1) is 8.21. The second-order valence-corrected chi connectivity index (χ2v) is 5.17. The SMILES string of the molecule is CC(C(=O)NCc1nnc(C(N)=O)o1)C(C)(C)C. The van der Waals surface area contributed by atoms with Gasteiger partial charge in [0.2, 0.25) is 11.8 Å². The van der Waals surface area contributed by atoms with Crippen LogP contribution in [0.3, 0.4) is 0 Å².